The Labute approximate surface area is 95.6 Å². The highest BCUT2D eigenvalue weighted by molar-refractivity contribution is 5.34. The van der Waals surface area contributed by atoms with Crippen LogP contribution in [0.5, 0.6) is 5.75 Å². The van der Waals surface area contributed by atoms with Gasteiger partial charge in [-0.15, -0.1) is 0 Å². The topological polar surface area (TPSA) is 35.2 Å². The van der Waals surface area contributed by atoms with Gasteiger partial charge >= 0.3 is 0 Å². The number of ether oxygens (including phenoxy) is 1. The molecule has 2 atom stereocenters. The first-order valence-electron chi connectivity index (χ1n) is 5.69. The smallest absolute Gasteiger partial charge is 0.122 e. The van der Waals surface area contributed by atoms with Crippen LogP contribution in [0.25, 0.3) is 0 Å². The second-order valence-corrected chi connectivity index (χ2v) is 4.64. The van der Waals surface area contributed by atoms with Crippen LogP contribution in [-0.4, -0.2) is 18.8 Å². The summed E-state index contributed by atoms with van der Waals surface area (Å²) in [5, 5.41) is 0. The molecule has 0 spiro atoms. The Hall–Kier alpha value is -1.09. The first kappa shape index (κ1) is 11.4. The lowest BCUT2D eigenvalue weighted by atomic mass is 9.94. The number of methoxy groups -OCH3 is 1. The fourth-order valence-electron chi connectivity index (χ4n) is 2.47. The number of para-hydroxylation sites is 1. The molecule has 2 unspecified atom stereocenters. The summed E-state index contributed by atoms with van der Waals surface area (Å²) in [5.74, 6) is 0.764. The lowest BCUT2D eigenvalue weighted by molar-refractivity contribution is 0.169. The monoisotopic (exact) mass is 223 g/mol. The summed E-state index contributed by atoms with van der Waals surface area (Å²) in [6.07, 6.45) is 2.22. The van der Waals surface area contributed by atoms with Crippen LogP contribution in [0, 0.1) is 0 Å². The highest BCUT2D eigenvalue weighted by atomic mass is 19.1. The summed E-state index contributed by atoms with van der Waals surface area (Å²) in [6.45, 7) is 0. The molecule has 2 rings (SSSR count). The quantitative estimate of drug-likeness (QED) is 0.854. The number of alkyl halides is 1. The number of hydrogen-bond acceptors (Lipinski definition) is 2. The van der Waals surface area contributed by atoms with Gasteiger partial charge in [-0.3, -0.25) is 0 Å². The molecule has 0 bridgehead atoms. The SMILES string of the molecule is COc1ccccc1CC1(F)CCC(N)C1. The molecule has 0 amide bonds. The molecule has 0 saturated heterocycles. The maximum Gasteiger partial charge on any atom is 0.122 e. The summed E-state index contributed by atoms with van der Waals surface area (Å²) in [4.78, 5) is 0. The van der Waals surface area contributed by atoms with Crippen LogP contribution < -0.4 is 10.5 Å². The van der Waals surface area contributed by atoms with E-state index in [9.17, 15) is 4.39 Å². The number of halogens is 1. The van der Waals surface area contributed by atoms with Gasteiger partial charge in [0.1, 0.15) is 11.4 Å². The van der Waals surface area contributed by atoms with Crippen molar-refractivity contribution in [1.29, 1.82) is 0 Å². The van der Waals surface area contributed by atoms with Crippen LogP contribution in [-0.2, 0) is 6.42 Å². The van der Waals surface area contributed by atoms with Crippen molar-refractivity contribution < 1.29 is 9.13 Å². The van der Waals surface area contributed by atoms with Crippen molar-refractivity contribution in [3.63, 3.8) is 0 Å². The molecule has 1 saturated carbocycles. The van der Waals surface area contributed by atoms with E-state index >= 15 is 0 Å². The molecule has 1 aliphatic carbocycles. The van der Waals surface area contributed by atoms with Crippen molar-refractivity contribution in [3.05, 3.63) is 29.8 Å². The second kappa shape index (κ2) is 4.42. The number of benzene rings is 1. The molecule has 0 aliphatic heterocycles. The largest absolute Gasteiger partial charge is 0.496 e. The Bertz CT molecular complexity index is 369. The zero-order valence-electron chi connectivity index (χ0n) is 9.58. The highest BCUT2D eigenvalue weighted by Gasteiger charge is 2.38. The molecule has 3 heteroatoms. The molecule has 1 aromatic rings. The molecule has 0 aromatic heterocycles. The van der Waals surface area contributed by atoms with E-state index in [2.05, 4.69) is 0 Å². The molecular weight excluding hydrogens is 205 g/mol. The van der Waals surface area contributed by atoms with E-state index < -0.39 is 5.67 Å². The van der Waals surface area contributed by atoms with Gasteiger partial charge in [0.25, 0.3) is 0 Å². The van der Waals surface area contributed by atoms with Crippen LogP contribution in [0.3, 0.4) is 0 Å². The van der Waals surface area contributed by atoms with Crippen molar-refractivity contribution in [3.8, 4) is 5.75 Å². The first-order chi connectivity index (χ1) is 7.63. The van der Waals surface area contributed by atoms with E-state index in [1.54, 1.807) is 7.11 Å². The van der Waals surface area contributed by atoms with Crippen LogP contribution in [0.15, 0.2) is 24.3 Å². The molecular formula is C13H18FNO. The van der Waals surface area contributed by atoms with E-state index in [0.717, 1.165) is 17.7 Å². The normalized spacial score (nSPS) is 29.3. The van der Waals surface area contributed by atoms with Crippen LogP contribution in [0.1, 0.15) is 24.8 Å². The molecule has 16 heavy (non-hydrogen) atoms. The standard InChI is InChI=1S/C13H18FNO/c1-16-12-5-3-2-4-10(12)8-13(14)7-6-11(15)9-13/h2-5,11H,6-9,15H2,1H3. The molecule has 88 valence electrons. The third-order valence-electron chi connectivity index (χ3n) is 3.29. The molecule has 1 aliphatic rings. The Kier molecular flexibility index (Phi) is 3.15. The molecule has 1 aromatic carbocycles. The van der Waals surface area contributed by atoms with Crippen molar-refractivity contribution in [2.75, 3.05) is 7.11 Å². The predicted molar refractivity (Wildman–Crippen MR) is 62.4 cm³/mol. The van der Waals surface area contributed by atoms with Crippen LogP contribution in [0.4, 0.5) is 4.39 Å². The third-order valence-corrected chi connectivity index (χ3v) is 3.29. The van der Waals surface area contributed by atoms with Gasteiger partial charge in [-0.05, 0) is 30.9 Å². The lowest BCUT2D eigenvalue weighted by Crippen LogP contribution is -2.25. The Morgan fingerprint density at radius 1 is 1.50 bits per heavy atom. The highest BCUT2D eigenvalue weighted by Crippen LogP contribution is 2.37. The van der Waals surface area contributed by atoms with Gasteiger partial charge in [0.15, 0.2) is 0 Å². The van der Waals surface area contributed by atoms with E-state index in [-0.39, 0.29) is 6.04 Å². The van der Waals surface area contributed by atoms with Crippen molar-refractivity contribution in [1.82, 2.24) is 0 Å². The fourth-order valence-corrected chi connectivity index (χ4v) is 2.47. The van der Waals surface area contributed by atoms with Gasteiger partial charge in [-0.1, -0.05) is 18.2 Å². The van der Waals surface area contributed by atoms with Crippen LogP contribution >= 0.6 is 0 Å². The zero-order chi connectivity index (χ0) is 11.6. The fraction of sp³-hybridized carbons (Fsp3) is 0.538. The van der Waals surface area contributed by atoms with E-state index in [1.165, 1.54) is 0 Å². The van der Waals surface area contributed by atoms with Gasteiger partial charge in [0.2, 0.25) is 0 Å². The average Bonchev–Trinajstić information content (AvgIpc) is 2.59. The van der Waals surface area contributed by atoms with E-state index in [1.807, 2.05) is 24.3 Å². The van der Waals surface area contributed by atoms with Crippen LogP contribution in [0.2, 0.25) is 0 Å². The van der Waals surface area contributed by atoms with Gasteiger partial charge < -0.3 is 10.5 Å². The Balaban J connectivity index is 2.14. The van der Waals surface area contributed by atoms with Gasteiger partial charge in [0, 0.05) is 12.5 Å². The lowest BCUT2D eigenvalue weighted by Gasteiger charge is -2.20. The maximum atomic E-state index is 14.4. The van der Waals surface area contributed by atoms with Crippen molar-refractivity contribution in [2.45, 2.75) is 37.4 Å². The van der Waals surface area contributed by atoms with E-state index in [4.69, 9.17) is 10.5 Å². The Morgan fingerprint density at radius 2 is 2.25 bits per heavy atom. The van der Waals surface area contributed by atoms with Gasteiger partial charge in [-0.25, -0.2) is 4.39 Å². The maximum absolute atomic E-state index is 14.4. The average molecular weight is 223 g/mol. The third kappa shape index (κ3) is 2.35. The Morgan fingerprint density at radius 3 is 2.88 bits per heavy atom. The first-order valence-corrected chi connectivity index (χ1v) is 5.69. The number of rotatable bonds is 3. The summed E-state index contributed by atoms with van der Waals surface area (Å²) in [6, 6.07) is 7.61. The molecule has 2 nitrogen and oxygen atoms in total. The minimum Gasteiger partial charge on any atom is -0.496 e. The minimum atomic E-state index is -1.14. The minimum absolute atomic E-state index is 0.0136. The number of hydrogen-bond donors (Lipinski definition) is 1. The number of nitrogens with two attached hydrogens (primary N) is 1. The van der Waals surface area contributed by atoms with Crippen molar-refractivity contribution in [2.24, 2.45) is 5.73 Å². The van der Waals surface area contributed by atoms with Gasteiger partial charge in [-0.2, -0.15) is 0 Å². The van der Waals surface area contributed by atoms with Gasteiger partial charge in [0.05, 0.1) is 7.11 Å². The van der Waals surface area contributed by atoms with E-state index in [0.29, 0.717) is 19.3 Å². The zero-order valence-corrected chi connectivity index (χ0v) is 9.58. The van der Waals surface area contributed by atoms with Crippen molar-refractivity contribution >= 4 is 0 Å². The molecule has 2 N–H and O–H groups in total. The summed E-state index contributed by atoms with van der Waals surface area (Å²) >= 11 is 0. The predicted octanol–water partition coefficient (Wildman–Crippen LogP) is 2.46. The second-order valence-electron chi connectivity index (χ2n) is 4.64. The summed E-state index contributed by atoms with van der Waals surface area (Å²) in [5.41, 5.74) is 5.55. The molecule has 0 heterocycles. The molecule has 0 radical (unpaired) electrons. The molecule has 1 fully saturated rings. The summed E-state index contributed by atoms with van der Waals surface area (Å²) in [7, 11) is 1.62. The summed E-state index contributed by atoms with van der Waals surface area (Å²) < 4.78 is 19.7.